The van der Waals surface area contributed by atoms with Gasteiger partial charge in [-0.15, -0.1) is 0 Å². The Kier molecular flexibility index (Phi) is 4.62. The van der Waals surface area contributed by atoms with Crippen molar-refractivity contribution in [1.82, 2.24) is 0 Å². The molecule has 5 heteroatoms. The van der Waals surface area contributed by atoms with Gasteiger partial charge in [0.1, 0.15) is 0 Å². The van der Waals surface area contributed by atoms with Crippen molar-refractivity contribution in [2.45, 2.75) is 3.74 Å². The van der Waals surface area contributed by atoms with Gasteiger partial charge >= 0.3 is 0 Å². The Morgan fingerprint density at radius 1 is 1.15 bits per heavy atom. The molecule has 1 rings (SSSR count). The van der Waals surface area contributed by atoms with Gasteiger partial charge in [0.05, 0.1) is 3.74 Å². The summed E-state index contributed by atoms with van der Waals surface area (Å²) in [5.74, 6) is 0. The minimum Gasteiger partial charge on any atom is -0.298 e. The van der Waals surface area contributed by atoms with E-state index < -0.39 is 0 Å². The normalized spacial score (nSPS) is 10.5. The highest BCUT2D eigenvalue weighted by Gasteiger charge is 2.10. The molecule has 70 valence electrons. The van der Waals surface area contributed by atoms with Gasteiger partial charge in [-0.25, -0.2) is 0 Å². The van der Waals surface area contributed by atoms with Gasteiger partial charge in [0.25, 0.3) is 0 Å². The fourth-order valence-electron chi connectivity index (χ4n) is 0.835. The van der Waals surface area contributed by atoms with E-state index in [9.17, 15) is 4.79 Å². The zero-order chi connectivity index (χ0) is 10.0. The van der Waals surface area contributed by atoms with Crippen molar-refractivity contribution in [3.63, 3.8) is 0 Å². The van der Waals surface area contributed by atoms with E-state index in [-0.39, 0.29) is 3.74 Å². The highest BCUT2D eigenvalue weighted by atomic mass is 79.9. The first-order valence-corrected chi connectivity index (χ1v) is 6.70. The van der Waals surface area contributed by atoms with E-state index >= 15 is 0 Å². The lowest BCUT2D eigenvalue weighted by Gasteiger charge is -2.07. The molecule has 0 bridgehead atoms. The van der Waals surface area contributed by atoms with Crippen LogP contribution in [-0.4, -0.2) is 6.29 Å². The molecule has 0 heterocycles. The molecule has 0 saturated heterocycles. The second-order valence-electron chi connectivity index (χ2n) is 2.31. The van der Waals surface area contributed by atoms with Crippen LogP contribution in [0.3, 0.4) is 0 Å². The number of hydrogen-bond acceptors (Lipinski definition) is 1. The fourth-order valence-corrected chi connectivity index (χ4v) is 3.25. The Hall–Kier alpha value is 0.810. The molecule has 0 unspecified atom stereocenters. The van der Waals surface area contributed by atoms with Crippen molar-refractivity contribution in [3.8, 4) is 0 Å². The molecule has 0 aliphatic rings. The molecular weight excluding hydrogens is 432 g/mol. The molecule has 0 spiro atoms. The molecule has 0 amide bonds. The Labute approximate surface area is 110 Å². The smallest absolute Gasteiger partial charge is 0.151 e. The van der Waals surface area contributed by atoms with E-state index in [1.165, 1.54) is 0 Å². The summed E-state index contributed by atoms with van der Waals surface area (Å²) in [7, 11) is 0. The molecule has 0 saturated carbocycles. The molecule has 0 aliphatic carbocycles. The van der Waals surface area contributed by atoms with E-state index in [0.717, 1.165) is 20.8 Å². The summed E-state index contributed by atoms with van der Waals surface area (Å²) in [5.41, 5.74) is 1.67. The highest BCUT2D eigenvalue weighted by Crippen LogP contribution is 2.37. The van der Waals surface area contributed by atoms with Crippen LogP contribution in [-0.2, 0) is 0 Å². The first-order valence-electron chi connectivity index (χ1n) is 3.28. The van der Waals surface area contributed by atoms with Crippen LogP contribution in [0.2, 0.25) is 0 Å². The molecule has 0 fully saturated rings. The van der Waals surface area contributed by atoms with Gasteiger partial charge in [0.2, 0.25) is 0 Å². The number of hydrogen-bond donors (Lipinski definition) is 0. The van der Waals surface area contributed by atoms with E-state index in [2.05, 4.69) is 63.7 Å². The first kappa shape index (κ1) is 11.9. The van der Waals surface area contributed by atoms with Crippen molar-refractivity contribution in [2.75, 3.05) is 0 Å². The summed E-state index contributed by atoms with van der Waals surface area (Å²) in [6.07, 6.45) is 0.816. The standard InChI is InChI=1S/C8H4Br4O/c9-6-2-5(8(11)12)7(10)1-4(6)3-13/h1-3,8H. The maximum Gasteiger partial charge on any atom is 0.151 e. The molecular formula is C8H4Br4O. The van der Waals surface area contributed by atoms with Gasteiger partial charge in [-0.3, -0.25) is 4.79 Å². The second kappa shape index (κ2) is 5.05. The summed E-state index contributed by atoms with van der Waals surface area (Å²) < 4.78 is 1.77. The van der Waals surface area contributed by atoms with Gasteiger partial charge in [0.15, 0.2) is 6.29 Å². The summed E-state index contributed by atoms with van der Waals surface area (Å²) in [5, 5.41) is 0. The summed E-state index contributed by atoms with van der Waals surface area (Å²) >= 11 is 13.5. The quantitative estimate of drug-likeness (QED) is 0.481. The van der Waals surface area contributed by atoms with Crippen LogP contribution in [0.25, 0.3) is 0 Å². The lowest BCUT2D eigenvalue weighted by atomic mass is 10.2. The number of benzene rings is 1. The first-order chi connectivity index (χ1) is 6.06. The number of aldehydes is 1. The van der Waals surface area contributed by atoms with Crippen LogP contribution in [0.5, 0.6) is 0 Å². The molecule has 0 atom stereocenters. The van der Waals surface area contributed by atoms with E-state index in [1.54, 1.807) is 6.07 Å². The summed E-state index contributed by atoms with van der Waals surface area (Å²) in [4.78, 5) is 10.6. The molecule has 1 nitrogen and oxygen atoms in total. The fraction of sp³-hybridized carbons (Fsp3) is 0.125. The molecule has 0 radical (unpaired) electrons. The van der Waals surface area contributed by atoms with Crippen molar-refractivity contribution in [3.05, 3.63) is 32.2 Å². The van der Waals surface area contributed by atoms with Crippen LogP contribution >= 0.6 is 63.7 Å². The van der Waals surface area contributed by atoms with Crippen LogP contribution < -0.4 is 0 Å². The molecule has 0 aromatic heterocycles. The Bertz CT molecular complexity index is 335. The number of halogens is 4. The molecule has 0 N–H and O–H groups in total. The Morgan fingerprint density at radius 2 is 1.77 bits per heavy atom. The van der Waals surface area contributed by atoms with Crippen molar-refractivity contribution >= 4 is 70.0 Å². The predicted molar refractivity (Wildman–Crippen MR) is 67.8 cm³/mol. The third-order valence-corrected chi connectivity index (χ3v) is 3.84. The molecule has 1 aromatic rings. The Balaban J connectivity index is 3.28. The van der Waals surface area contributed by atoms with Crippen LogP contribution in [0.1, 0.15) is 19.7 Å². The molecule has 0 aliphatic heterocycles. The van der Waals surface area contributed by atoms with Crippen LogP contribution in [0.15, 0.2) is 21.1 Å². The average molecular weight is 436 g/mol. The largest absolute Gasteiger partial charge is 0.298 e. The second-order valence-corrected chi connectivity index (χ2v) is 7.08. The number of carbonyl (C=O) groups is 1. The van der Waals surface area contributed by atoms with E-state index in [0.29, 0.717) is 5.56 Å². The van der Waals surface area contributed by atoms with Gasteiger partial charge in [-0.1, -0.05) is 63.7 Å². The maximum absolute atomic E-state index is 10.6. The Morgan fingerprint density at radius 3 is 2.23 bits per heavy atom. The lowest BCUT2D eigenvalue weighted by Crippen LogP contribution is -1.89. The van der Waals surface area contributed by atoms with E-state index in [4.69, 9.17) is 0 Å². The van der Waals surface area contributed by atoms with Gasteiger partial charge in [-0.05, 0) is 17.7 Å². The number of alkyl halides is 2. The minimum absolute atomic E-state index is 0.0753. The molecule has 1 aromatic carbocycles. The topological polar surface area (TPSA) is 17.1 Å². The minimum atomic E-state index is 0.0753. The summed E-state index contributed by atoms with van der Waals surface area (Å²) in [6, 6.07) is 3.67. The zero-order valence-corrected chi connectivity index (χ0v) is 12.6. The monoisotopic (exact) mass is 432 g/mol. The predicted octanol–water partition coefficient (Wildman–Crippen LogP) is 4.81. The number of carbonyl (C=O) groups excluding carboxylic acids is 1. The van der Waals surface area contributed by atoms with Gasteiger partial charge in [0, 0.05) is 14.5 Å². The van der Waals surface area contributed by atoms with Crippen molar-refractivity contribution < 1.29 is 4.79 Å². The third-order valence-electron chi connectivity index (χ3n) is 1.48. The van der Waals surface area contributed by atoms with Crippen LogP contribution in [0.4, 0.5) is 0 Å². The third kappa shape index (κ3) is 2.88. The highest BCUT2D eigenvalue weighted by molar-refractivity contribution is 9.24. The maximum atomic E-state index is 10.6. The zero-order valence-electron chi connectivity index (χ0n) is 6.23. The van der Waals surface area contributed by atoms with Crippen LogP contribution in [0, 0.1) is 0 Å². The SMILES string of the molecule is O=Cc1cc(Br)c(C(Br)Br)cc1Br. The van der Waals surface area contributed by atoms with E-state index in [1.807, 2.05) is 6.07 Å². The average Bonchev–Trinajstić information content (AvgIpc) is 2.07. The van der Waals surface area contributed by atoms with Gasteiger partial charge < -0.3 is 0 Å². The van der Waals surface area contributed by atoms with Crippen molar-refractivity contribution in [2.24, 2.45) is 0 Å². The van der Waals surface area contributed by atoms with Crippen molar-refractivity contribution in [1.29, 1.82) is 0 Å². The summed E-state index contributed by atoms with van der Waals surface area (Å²) in [6.45, 7) is 0. The van der Waals surface area contributed by atoms with Gasteiger partial charge in [-0.2, -0.15) is 0 Å². The number of rotatable bonds is 2. The molecule has 13 heavy (non-hydrogen) atoms. The lowest BCUT2D eigenvalue weighted by molar-refractivity contribution is 0.112.